The number of esters is 1. The summed E-state index contributed by atoms with van der Waals surface area (Å²) >= 11 is 0. The molecule has 1 aliphatic rings. The number of allylic oxidation sites excluding steroid dienone is 7. The van der Waals surface area contributed by atoms with Gasteiger partial charge in [0.25, 0.3) is 0 Å². The molecule has 0 aliphatic carbocycles. The van der Waals surface area contributed by atoms with E-state index in [0.717, 1.165) is 64.2 Å². The van der Waals surface area contributed by atoms with Crippen molar-refractivity contribution in [1.82, 2.24) is 5.32 Å². The van der Waals surface area contributed by atoms with Crippen LogP contribution >= 0.6 is 0 Å². The van der Waals surface area contributed by atoms with E-state index in [-0.39, 0.29) is 18.5 Å². The van der Waals surface area contributed by atoms with Gasteiger partial charge in [0.05, 0.1) is 32.0 Å². The fourth-order valence-corrected chi connectivity index (χ4v) is 12.5. The van der Waals surface area contributed by atoms with E-state index >= 15 is 0 Å². The molecule has 1 saturated heterocycles. The molecule has 11 heteroatoms. The maximum atomic E-state index is 13.0. The van der Waals surface area contributed by atoms with Crippen molar-refractivity contribution in [3.05, 3.63) is 48.6 Å². The summed E-state index contributed by atoms with van der Waals surface area (Å²) in [5.41, 5.74) is 0. The third kappa shape index (κ3) is 57.6. The summed E-state index contributed by atoms with van der Waals surface area (Å²) in [6.07, 6.45) is 81.6. The average molecular weight is 1290 g/mol. The Balaban J connectivity index is 1.85. The third-order valence-corrected chi connectivity index (χ3v) is 18.7. The molecule has 6 N–H and O–H groups in total. The Morgan fingerprint density at radius 1 is 0.407 bits per heavy atom. The molecule has 1 aliphatic heterocycles. The molecule has 7 atom stereocenters. The lowest BCUT2D eigenvalue weighted by molar-refractivity contribution is -0.302. The van der Waals surface area contributed by atoms with E-state index in [1.807, 2.05) is 6.08 Å². The Labute approximate surface area is 561 Å². The molecule has 91 heavy (non-hydrogen) atoms. The van der Waals surface area contributed by atoms with Crippen molar-refractivity contribution in [2.45, 2.75) is 429 Å². The Morgan fingerprint density at radius 3 is 1.14 bits per heavy atom. The fraction of sp³-hybridized carbons (Fsp3) is 0.875. The number of carbonyl (C=O) groups is 2. The highest BCUT2D eigenvalue weighted by Crippen LogP contribution is 2.24. The van der Waals surface area contributed by atoms with E-state index in [4.69, 9.17) is 14.2 Å². The summed E-state index contributed by atoms with van der Waals surface area (Å²) in [6, 6.07) is -0.806. The van der Waals surface area contributed by atoms with Gasteiger partial charge in [-0.2, -0.15) is 0 Å². The first-order chi connectivity index (χ1) is 44.7. The molecule has 0 aromatic carbocycles. The maximum absolute atomic E-state index is 13.0. The van der Waals surface area contributed by atoms with Gasteiger partial charge < -0.3 is 45.1 Å². The van der Waals surface area contributed by atoms with Gasteiger partial charge >= 0.3 is 5.97 Å². The van der Waals surface area contributed by atoms with E-state index in [2.05, 4.69) is 55.6 Å². The van der Waals surface area contributed by atoms with Crippen molar-refractivity contribution in [2.24, 2.45) is 0 Å². The van der Waals surface area contributed by atoms with Gasteiger partial charge in [-0.3, -0.25) is 9.59 Å². The summed E-state index contributed by atoms with van der Waals surface area (Å²) in [4.78, 5) is 25.1. The Bertz CT molecular complexity index is 1650. The quantitative estimate of drug-likeness (QED) is 0.0195. The summed E-state index contributed by atoms with van der Waals surface area (Å²) in [6.45, 7) is 4.33. The van der Waals surface area contributed by atoms with Gasteiger partial charge in [0.15, 0.2) is 6.29 Å². The minimum Gasteiger partial charge on any atom is -0.466 e. The zero-order valence-electron chi connectivity index (χ0n) is 59.6. The number of nitrogens with one attached hydrogen (secondary N) is 1. The number of carbonyl (C=O) groups excluding carboxylic acids is 2. The average Bonchev–Trinajstić information content (AvgIpc) is 3.30. The number of aliphatic hydroxyl groups is 5. The molecular weight excluding hydrogens is 1130 g/mol. The van der Waals surface area contributed by atoms with Gasteiger partial charge in [0.1, 0.15) is 24.4 Å². The van der Waals surface area contributed by atoms with Crippen molar-refractivity contribution >= 4 is 11.9 Å². The minimum absolute atomic E-state index is 0.00774. The van der Waals surface area contributed by atoms with Crippen LogP contribution in [0.5, 0.6) is 0 Å². The lowest BCUT2D eigenvalue weighted by atomic mass is 9.99. The second-order valence-electron chi connectivity index (χ2n) is 27.4. The fourth-order valence-electron chi connectivity index (χ4n) is 12.5. The van der Waals surface area contributed by atoms with E-state index in [1.165, 1.54) is 295 Å². The number of rotatable bonds is 70. The number of hydrogen-bond acceptors (Lipinski definition) is 10. The van der Waals surface area contributed by atoms with Gasteiger partial charge in [0.2, 0.25) is 5.91 Å². The molecule has 1 fully saturated rings. The van der Waals surface area contributed by atoms with Crippen LogP contribution in [0.4, 0.5) is 0 Å². The third-order valence-electron chi connectivity index (χ3n) is 18.7. The normalized spacial score (nSPS) is 17.8. The molecule has 1 amide bonds. The van der Waals surface area contributed by atoms with Gasteiger partial charge in [-0.15, -0.1) is 0 Å². The second kappa shape index (κ2) is 69.0. The van der Waals surface area contributed by atoms with E-state index in [9.17, 15) is 35.1 Å². The van der Waals surface area contributed by atoms with Crippen LogP contribution in [0.1, 0.15) is 386 Å². The first kappa shape index (κ1) is 86.6. The van der Waals surface area contributed by atoms with Crippen molar-refractivity contribution in [3.8, 4) is 0 Å². The molecule has 7 unspecified atom stereocenters. The van der Waals surface area contributed by atoms with Gasteiger partial charge in [0, 0.05) is 12.8 Å². The molecule has 534 valence electrons. The topological polar surface area (TPSA) is 175 Å². The van der Waals surface area contributed by atoms with E-state index < -0.39 is 49.5 Å². The SMILES string of the molecule is CCCCC/C=C\C/C=C\CCCCCCCCCC(=O)OCCCCCCCCCCCCCCCCCC/C=C\CCCCCCCCCCCCCCCCCCCC(=O)NC(COC1OC(CO)C(O)C(O)C1O)C(O)/C=C/CCCCCCCCC. The molecule has 0 bridgehead atoms. The first-order valence-corrected chi connectivity index (χ1v) is 39.4. The zero-order chi connectivity index (χ0) is 65.8. The lowest BCUT2D eigenvalue weighted by Crippen LogP contribution is -2.60. The smallest absolute Gasteiger partial charge is 0.305 e. The summed E-state index contributed by atoms with van der Waals surface area (Å²) in [7, 11) is 0. The number of hydrogen-bond donors (Lipinski definition) is 6. The number of amides is 1. The monoisotopic (exact) mass is 1280 g/mol. The van der Waals surface area contributed by atoms with Crippen LogP contribution < -0.4 is 5.32 Å². The molecule has 1 heterocycles. The van der Waals surface area contributed by atoms with Crippen LogP contribution in [0.15, 0.2) is 48.6 Å². The van der Waals surface area contributed by atoms with E-state index in [0.29, 0.717) is 19.4 Å². The van der Waals surface area contributed by atoms with Crippen LogP contribution in [0.2, 0.25) is 0 Å². The second-order valence-corrected chi connectivity index (χ2v) is 27.4. The van der Waals surface area contributed by atoms with Crippen LogP contribution in [-0.2, 0) is 23.8 Å². The first-order valence-electron chi connectivity index (χ1n) is 39.4. The Kier molecular flexibility index (Phi) is 65.7. The standard InChI is InChI=1S/C80H149NO10/c1-3-5-7-9-11-13-14-15-16-38-42-45-48-52-56-60-64-68-76(85)89-69-65-61-57-53-49-46-43-40-37-35-33-31-29-27-25-23-21-19-17-18-20-22-24-26-28-30-32-34-36-39-41-44-47-51-55-59-63-67-75(84)81-72(73(83)66-62-58-54-50-12-10-8-6-4-2)71-90-80-79(88)78(87)77(86)74(70-82)91-80/h11,13,15-17,19,62,66,72-74,77-80,82-83,86-88H,3-10,12,14,18,20-61,63-65,67-71H2,1-2H3,(H,81,84)/b13-11-,16-15-,19-17-,66-62+. The lowest BCUT2D eigenvalue weighted by Gasteiger charge is -2.40. The molecular formula is C80H149NO10. The summed E-state index contributed by atoms with van der Waals surface area (Å²) < 4.78 is 16.7. The molecule has 11 nitrogen and oxygen atoms in total. The highest BCUT2D eigenvalue weighted by Gasteiger charge is 2.44. The molecule has 0 radical (unpaired) electrons. The Hall–Kier alpha value is -2.38. The molecule has 0 spiro atoms. The van der Waals surface area contributed by atoms with Gasteiger partial charge in [-0.25, -0.2) is 0 Å². The Morgan fingerprint density at radius 2 is 0.736 bits per heavy atom. The highest BCUT2D eigenvalue weighted by molar-refractivity contribution is 5.76. The van der Waals surface area contributed by atoms with Crippen molar-refractivity contribution in [1.29, 1.82) is 0 Å². The summed E-state index contributed by atoms with van der Waals surface area (Å²) in [5, 5.41) is 54.3. The van der Waals surface area contributed by atoms with Crippen molar-refractivity contribution < 1.29 is 49.3 Å². The van der Waals surface area contributed by atoms with E-state index in [1.54, 1.807) is 6.08 Å². The highest BCUT2D eigenvalue weighted by atomic mass is 16.7. The maximum Gasteiger partial charge on any atom is 0.305 e. The van der Waals surface area contributed by atoms with Crippen LogP contribution in [-0.4, -0.2) is 100 Å². The predicted octanol–water partition coefficient (Wildman–Crippen LogP) is 21.1. The largest absolute Gasteiger partial charge is 0.466 e. The molecule has 0 saturated carbocycles. The van der Waals surface area contributed by atoms with Crippen LogP contribution in [0.3, 0.4) is 0 Å². The molecule has 0 aromatic heterocycles. The summed E-state index contributed by atoms with van der Waals surface area (Å²) in [5.74, 6) is -0.171. The molecule has 1 rings (SSSR count). The zero-order valence-corrected chi connectivity index (χ0v) is 59.6. The number of aliphatic hydroxyl groups excluding tert-OH is 5. The molecule has 0 aromatic rings. The predicted molar refractivity (Wildman–Crippen MR) is 384 cm³/mol. The van der Waals surface area contributed by atoms with Gasteiger partial charge in [-0.1, -0.05) is 332 Å². The number of ether oxygens (including phenoxy) is 3. The van der Waals surface area contributed by atoms with Crippen molar-refractivity contribution in [2.75, 3.05) is 19.8 Å². The van der Waals surface area contributed by atoms with Crippen LogP contribution in [0, 0.1) is 0 Å². The van der Waals surface area contributed by atoms with Crippen LogP contribution in [0.25, 0.3) is 0 Å². The van der Waals surface area contributed by atoms with Crippen molar-refractivity contribution in [3.63, 3.8) is 0 Å². The minimum atomic E-state index is -1.57. The number of unbranched alkanes of at least 4 members (excludes halogenated alkanes) is 50. The van der Waals surface area contributed by atoms with Gasteiger partial charge in [-0.05, 0) is 89.9 Å².